The van der Waals surface area contributed by atoms with E-state index >= 15 is 0 Å². The van der Waals surface area contributed by atoms with Crippen molar-refractivity contribution in [2.24, 2.45) is 5.41 Å². The quantitative estimate of drug-likeness (QED) is 0.758. The lowest BCUT2D eigenvalue weighted by Crippen LogP contribution is -2.54. The molecule has 25 heavy (non-hydrogen) atoms. The number of likely N-dealkylation sites (N-methyl/N-ethyl adjacent to an activating group) is 2. The van der Waals surface area contributed by atoms with Crippen molar-refractivity contribution in [1.82, 2.24) is 19.6 Å². The van der Waals surface area contributed by atoms with E-state index in [9.17, 15) is 9.59 Å². The molecule has 6 nitrogen and oxygen atoms in total. The third-order valence-electron chi connectivity index (χ3n) is 6.70. The molecule has 0 aromatic heterocycles. The second kappa shape index (κ2) is 7.62. The van der Waals surface area contributed by atoms with Gasteiger partial charge in [-0.1, -0.05) is 0 Å². The average Bonchev–Trinajstić information content (AvgIpc) is 2.61. The molecular weight excluding hydrogens is 316 g/mol. The van der Waals surface area contributed by atoms with Gasteiger partial charge in [-0.2, -0.15) is 0 Å². The highest BCUT2D eigenvalue weighted by Crippen LogP contribution is 2.40. The van der Waals surface area contributed by atoms with Gasteiger partial charge in [0.1, 0.15) is 0 Å². The monoisotopic (exact) mass is 350 g/mol. The summed E-state index contributed by atoms with van der Waals surface area (Å²) in [6.07, 6.45) is 4.40. The SMILES string of the molecule is CCN1CC2(CCC1=O)CCN(C(=O)C[C@H]1CN(C)CCN1C)CC2. The summed E-state index contributed by atoms with van der Waals surface area (Å²) in [5.74, 6) is 0.609. The number of nitrogens with zero attached hydrogens (tertiary/aromatic N) is 4. The van der Waals surface area contributed by atoms with Gasteiger partial charge >= 0.3 is 0 Å². The van der Waals surface area contributed by atoms with E-state index < -0.39 is 0 Å². The highest BCUT2D eigenvalue weighted by Gasteiger charge is 2.41. The first kappa shape index (κ1) is 18.6. The summed E-state index contributed by atoms with van der Waals surface area (Å²) in [6, 6.07) is 0.338. The summed E-state index contributed by atoms with van der Waals surface area (Å²) in [7, 11) is 4.27. The molecule has 0 aromatic rings. The van der Waals surface area contributed by atoms with Crippen molar-refractivity contribution >= 4 is 11.8 Å². The molecule has 3 saturated heterocycles. The van der Waals surface area contributed by atoms with Crippen LogP contribution in [-0.2, 0) is 9.59 Å². The van der Waals surface area contributed by atoms with E-state index in [2.05, 4.69) is 35.7 Å². The van der Waals surface area contributed by atoms with Crippen LogP contribution in [0.2, 0.25) is 0 Å². The van der Waals surface area contributed by atoms with Gasteiger partial charge < -0.3 is 19.6 Å². The minimum absolute atomic E-state index is 0.253. The maximum absolute atomic E-state index is 12.8. The third kappa shape index (κ3) is 4.17. The highest BCUT2D eigenvalue weighted by molar-refractivity contribution is 5.78. The van der Waals surface area contributed by atoms with Gasteiger partial charge in [-0.25, -0.2) is 0 Å². The Hall–Kier alpha value is -1.14. The largest absolute Gasteiger partial charge is 0.343 e. The normalized spacial score (nSPS) is 28.6. The molecule has 2 amide bonds. The Morgan fingerprint density at radius 1 is 1.12 bits per heavy atom. The van der Waals surface area contributed by atoms with Gasteiger partial charge in [-0.3, -0.25) is 9.59 Å². The van der Waals surface area contributed by atoms with Crippen molar-refractivity contribution in [3.05, 3.63) is 0 Å². The fourth-order valence-electron chi connectivity index (χ4n) is 4.68. The van der Waals surface area contributed by atoms with Crippen LogP contribution < -0.4 is 0 Å². The Kier molecular flexibility index (Phi) is 5.68. The van der Waals surface area contributed by atoms with Crippen LogP contribution in [0.3, 0.4) is 0 Å². The van der Waals surface area contributed by atoms with Gasteiger partial charge in [0, 0.05) is 64.7 Å². The predicted molar refractivity (Wildman–Crippen MR) is 98.3 cm³/mol. The number of carbonyl (C=O) groups excluding carboxylic acids is 2. The Morgan fingerprint density at radius 3 is 2.52 bits per heavy atom. The van der Waals surface area contributed by atoms with Crippen LogP contribution in [0.15, 0.2) is 0 Å². The van der Waals surface area contributed by atoms with E-state index in [1.807, 2.05) is 4.90 Å². The molecule has 0 N–H and O–H groups in total. The van der Waals surface area contributed by atoms with E-state index in [1.165, 1.54) is 0 Å². The maximum atomic E-state index is 12.8. The fraction of sp³-hybridized carbons (Fsp3) is 0.895. The summed E-state index contributed by atoms with van der Waals surface area (Å²) in [5, 5.41) is 0. The predicted octanol–water partition coefficient (Wildman–Crippen LogP) is 0.873. The molecule has 6 heteroatoms. The number of piperazine rings is 1. The molecule has 0 unspecified atom stereocenters. The lowest BCUT2D eigenvalue weighted by atomic mass is 9.72. The van der Waals surface area contributed by atoms with E-state index in [4.69, 9.17) is 0 Å². The number of piperidine rings is 2. The molecule has 3 rings (SSSR count). The van der Waals surface area contributed by atoms with Crippen LogP contribution in [0.4, 0.5) is 0 Å². The molecule has 3 aliphatic heterocycles. The molecule has 1 spiro atoms. The second-order valence-corrected chi connectivity index (χ2v) is 8.39. The smallest absolute Gasteiger partial charge is 0.224 e. The summed E-state index contributed by atoms with van der Waals surface area (Å²) in [6.45, 7) is 8.58. The van der Waals surface area contributed by atoms with Gasteiger partial charge in [0.25, 0.3) is 0 Å². The van der Waals surface area contributed by atoms with E-state index in [0.29, 0.717) is 30.7 Å². The molecule has 3 heterocycles. The van der Waals surface area contributed by atoms with E-state index in [-0.39, 0.29) is 5.41 Å². The minimum Gasteiger partial charge on any atom is -0.343 e. The van der Waals surface area contributed by atoms with Crippen molar-refractivity contribution in [2.75, 3.05) is 59.9 Å². The Balaban J connectivity index is 1.51. The number of carbonyl (C=O) groups is 2. The Bertz CT molecular complexity index is 502. The summed E-state index contributed by atoms with van der Waals surface area (Å²) in [5.41, 5.74) is 0.253. The first-order valence-electron chi connectivity index (χ1n) is 9.87. The molecule has 0 saturated carbocycles. The summed E-state index contributed by atoms with van der Waals surface area (Å²) in [4.78, 5) is 33.5. The molecule has 0 bridgehead atoms. The number of rotatable bonds is 3. The van der Waals surface area contributed by atoms with Crippen LogP contribution in [-0.4, -0.2) is 97.4 Å². The lowest BCUT2D eigenvalue weighted by molar-refractivity contribution is -0.142. The van der Waals surface area contributed by atoms with Gasteiger partial charge in [-0.05, 0) is 45.7 Å². The third-order valence-corrected chi connectivity index (χ3v) is 6.70. The van der Waals surface area contributed by atoms with Gasteiger partial charge in [0.2, 0.25) is 11.8 Å². The van der Waals surface area contributed by atoms with Crippen LogP contribution >= 0.6 is 0 Å². The number of likely N-dealkylation sites (tertiary alicyclic amines) is 2. The number of amides is 2. The number of hydrogen-bond acceptors (Lipinski definition) is 4. The molecule has 0 aromatic carbocycles. The molecule has 3 aliphatic rings. The zero-order valence-corrected chi connectivity index (χ0v) is 16.2. The maximum Gasteiger partial charge on any atom is 0.224 e. The molecule has 1 atom stereocenters. The lowest BCUT2D eigenvalue weighted by Gasteiger charge is -2.47. The minimum atomic E-state index is 0.253. The topological polar surface area (TPSA) is 47.1 Å². The summed E-state index contributed by atoms with van der Waals surface area (Å²) < 4.78 is 0. The van der Waals surface area contributed by atoms with Crippen LogP contribution in [0, 0.1) is 5.41 Å². The molecular formula is C19H34N4O2. The molecule has 0 radical (unpaired) electrons. The first-order valence-corrected chi connectivity index (χ1v) is 9.87. The molecule has 3 fully saturated rings. The van der Waals surface area contributed by atoms with Crippen molar-refractivity contribution in [3.63, 3.8) is 0 Å². The average molecular weight is 351 g/mol. The fourth-order valence-corrected chi connectivity index (χ4v) is 4.68. The first-order chi connectivity index (χ1) is 11.9. The van der Waals surface area contributed by atoms with Gasteiger partial charge in [0.05, 0.1) is 0 Å². The standard InChI is InChI=1S/C19H34N4O2/c1-4-22-15-19(6-5-17(22)24)7-9-23(10-8-19)18(25)13-16-14-20(2)11-12-21(16)3/h16H,4-15H2,1-3H3/t16-/m0/s1. The van der Waals surface area contributed by atoms with Crippen molar-refractivity contribution in [1.29, 1.82) is 0 Å². The van der Waals surface area contributed by atoms with E-state index in [1.54, 1.807) is 0 Å². The Morgan fingerprint density at radius 2 is 1.84 bits per heavy atom. The zero-order chi connectivity index (χ0) is 18.0. The van der Waals surface area contributed by atoms with Crippen LogP contribution in [0.25, 0.3) is 0 Å². The Labute approximate surface area is 152 Å². The van der Waals surface area contributed by atoms with Gasteiger partial charge in [-0.15, -0.1) is 0 Å². The van der Waals surface area contributed by atoms with Gasteiger partial charge in [0.15, 0.2) is 0 Å². The van der Waals surface area contributed by atoms with Crippen molar-refractivity contribution in [3.8, 4) is 0 Å². The van der Waals surface area contributed by atoms with Crippen molar-refractivity contribution < 1.29 is 9.59 Å². The van der Waals surface area contributed by atoms with E-state index in [0.717, 1.165) is 65.1 Å². The van der Waals surface area contributed by atoms with Crippen LogP contribution in [0.1, 0.15) is 39.0 Å². The summed E-state index contributed by atoms with van der Waals surface area (Å²) >= 11 is 0. The van der Waals surface area contributed by atoms with Crippen LogP contribution in [0.5, 0.6) is 0 Å². The highest BCUT2D eigenvalue weighted by atomic mass is 16.2. The molecule has 0 aliphatic carbocycles. The number of hydrogen-bond donors (Lipinski definition) is 0. The molecule has 142 valence electrons. The van der Waals surface area contributed by atoms with Crippen molar-refractivity contribution in [2.45, 2.75) is 45.1 Å². The zero-order valence-electron chi connectivity index (χ0n) is 16.2. The second-order valence-electron chi connectivity index (χ2n) is 8.39.